The number of sulfone groups is 1. The molecule has 1 aromatic rings. The standard InChI is InChI=1S/C12H17BrO2S/c1-10(7-13)8-16(14,15)9-12-6-4-3-5-11(12)2/h3-6,10H,7-9H2,1-2H3. The molecule has 0 amide bonds. The zero-order valence-corrected chi connectivity index (χ0v) is 12.0. The van der Waals surface area contributed by atoms with Gasteiger partial charge in [-0.15, -0.1) is 0 Å². The van der Waals surface area contributed by atoms with Gasteiger partial charge >= 0.3 is 0 Å². The fourth-order valence-electron chi connectivity index (χ4n) is 1.55. The van der Waals surface area contributed by atoms with E-state index in [9.17, 15) is 8.42 Å². The number of alkyl halides is 1. The molecule has 0 aliphatic carbocycles. The van der Waals surface area contributed by atoms with Gasteiger partial charge in [0, 0.05) is 5.33 Å². The van der Waals surface area contributed by atoms with Gasteiger partial charge in [0.2, 0.25) is 0 Å². The molecule has 1 aromatic carbocycles. The van der Waals surface area contributed by atoms with Gasteiger partial charge in [-0.2, -0.15) is 0 Å². The molecule has 0 heterocycles. The lowest BCUT2D eigenvalue weighted by molar-refractivity contribution is 0.583. The van der Waals surface area contributed by atoms with Crippen molar-refractivity contribution in [3.05, 3.63) is 35.4 Å². The Labute approximate surface area is 106 Å². The van der Waals surface area contributed by atoms with Crippen molar-refractivity contribution in [2.75, 3.05) is 11.1 Å². The lowest BCUT2D eigenvalue weighted by Crippen LogP contribution is -2.17. The first-order valence-corrected chi connectivity index (χ1v) is 8.20. The van der Waals surface area contributed by atoms with Crippen LogP contribution in [-0.4, -0.2) is 19.5 Å². The number of hydrogen-bond acceptors (Lipinski definition) is 2. The zero-order chi connectivity index (χ0) is 12.2. The third-order valence-electron chi connectivity index (χ3n) is 2.44. The van der Waals surface area contributed by atoms with Crippen LogP contribution in [0.5, 0.6) is 0 Å². The molecular formula is C12H17BrO2S. The van der Waals surface area contributed by atoms with Crippen LogP contribution in [0.1, 0.15) is 18.1 Å². The molecule has 1 unspecified atom stereocenters. The monoisotopic (exact) mass is 304 g/mol. The van der Waals surface area contributed by atoms with Gasteiger partial charge in [0.1, 0.15) is 0 Å². The van der Waals surface area contributed by atoms with Crippen molar-refractivity contribution >= 4 is 25.8 Å². The first-order valence-electron chi connectivity index (χ1n) is 5.25. The summed E-state index contributed by atoms with van der Waals surface area (Å²) in [4.78, 5) is 0. The Hall–Kier alpha value is -0.350. The van der Waals surface area contributed by atoms with Gasteiger partial charge in [-0.05, 0) is 24.0 Å². The SMILES string of the molecule is Cc1ccccc1CS(=O)(=O)CC(C)CBr. The Morgan fingerprint density at radius 3 is 2.50 bits per heavy atom. The molecule has 0 saturated heterocycles. The van der Waals surface area contributed by atoms with Gasteiger partial charge in [0.15, 0.2) is 9.84 Å². The summed E-state index contributed by atoms with van der Waals surface area (Å²) >= 11 is 3.30. The lowest BCUT2D eigenvalue weighted by Gasteiger charge is -2.10. The third-order valence-corrected chi connectivity index (χ3v) is 5.37. The van der Waals surface area contributed by atoms with E-state index in [1.165, 1.54) is 0 Å². The van der Waals surface area contributed by atoms with Crippen LogP contribution in [0.3, 0.4) is 0 Å². The average Bonchev–Trinajstić information content (AvgIpc) is 2.20. The average molecular weight is 305 g/mol. The molecule has 2 nitrogen and oxygen atoms in total. The topological polar surface area (TPSA) is 34.1 Å². The molecule has 0 radical (unpaired) electrons. The van der Waals surface area contributed by atoms with E-state index in [0.717, 1.165) is 16.5 Å². The molecule has 4 heteroatoms. The van der Waals surface area contributed by atoms with Crippen LogP contribution in [0.2, 0.25) is 0 Å². The maximum Gasteiger partial charge on any atom is 0.154 e. The molecule has 0 spiro atoms. The van der Waals surface area contributed by atoms with E-state index in [1.54, 1.807) is 0 Å². The highest BCUT2D eigenvalue weighted by molar-refractivity contribution is 9.09. The Balaban J connectivity index is 2.77. The van der Waals surface area contributed by atoms with Gasteiger partial charge in [-0.3, -0.25) is 0 Å². The number of halogens is 1. The maximum atomic E-state index is 11.9. The minimum absolute atomic E-state index is 0.150. The van der Waals surface area contributed by atoms with Gasteiger partial charge in [-0.1, -0.05) is 47.1 Å². The molecule has 0 aliphatic heterocycles. The summed E-state index contributed by atoms with van der Waals surface area (Å²) in [6.07, 6.45) is 0. The molecule has 1 rings (SSSR count). The fourth-order valence-corrected chi connectivity index (χ4v) is 3.98. The van der Waals surface area contributed by atoms with Crippen LogP contribution in [0.4, 0.5) is 0 Å². The molecular weight excluding hydrogens is 288 g/mol. The van der Waals surface area contributed by atoms with Crippen LogP contribution in [0.15, 0.2) is 24.3 Å². The summed E-state index contributed by atoms with van der Waals surface area (Å²) in [7, 11) is -3.00. The van der Waals surface area contributed by atoms with Crippen molar-refractivity contribution in [3.8, 4) is 0 Å². The normalized spacial score (nSPS) is 13.7. The van der Waals surface area contributed by atoms with Crippen LogP contribution >= 0.6 is 15.9 Å². The Kier molecular flexibility index (Phi) is 4.99. The Morgan fingerprint density at radius 1 is 1.31 bits per heavy atom. The molecule has 0 saturated carbocycles. The van der Waals surface area contributed by atoms with E-state index < -0.39 is 9.84 Å². The van der Waals surface area contributed by atoms with Crippen LogP contribution in [0.25, 0.3) is 0 Å². The van der Waals surface area contributed by atoms with Crippen molar-refractivity contribution in [2.24, 2.45) is 5.92 Å². The Morgan fingerprint density at radius 2 is 1.94 bits per heavy atom. The second-order valence-corrected chi connectivity index (χ2v) is 7.00. The van der Waals surface area contributed by atoms with E-state index >= 15 is 0 Å². The van der Waals surface area contributed by atoms with E-state index in [1.807, 2.05) is 38.1 Å². The molecule has 0 bridgehead atoms. The number of benzene rings is 1. The summed E-state index contributed by atoms with van der Waals surface area (Å²) in [5.74, 6) is 0.554. The van der Waals surface area contributed by atoms with E-state index in [0.29, 0.717) is 0 Å². The largest absolute Gasteiger partial charge is 0.228 e. The minimum atomic E-state index is -3.00. The highest BCUT2D eigenvalue weighted by Gasteiger charge is 2.16. The second-order valence-electron chi connectivity index (χ2n) is 4.24. The minimum Gasteiger partial charge on any atom is -0.228 e. The first-order chi connectivity index (χ1) is 7.44. The van der Waals surface area contributed by atoms with Crippen molar-refractivity contribution in [1.29, 1.82) is 0 Å². The van der Waals surface area contributed by atoms with Gasteiger partial charge in [0.05, 0.1) is 11.5 Å². The quantitative estimate of drug-likeness (QED) is 0.784. The smallest absolute Gasteiger partial charge is 0.154 e. The van der Waals surface area contributed by atoms with E-state index in [2.05, 4.69) is 15.9 Å². The highest BCUT2D eigenvalue weighted by atomic mass is 79.9. The highest BCUT2D eigenvalue weighted by Crippen LogP contribution is 2.14. The molecule has 90 valence electrons. The van der Waals surface area contributed by atoms with Crippen molar-refractivity contribution in [1.82, 2.24) is 0 Å². The molecule has 0 aliphatic rings. The summed E-state index contributed by atoms with van der Waals surface area (Å²) in [6, 6.07) is 7.63. The molecule has 0 aromatic heterocycles. The fraction of sp³-hybridized carbons (Fsp3) is 0.500. The molecule has 0 fully saturated rings. The summed E-state index contributed by atoms with van der Waals surface area (Å²) in [6.45, 7) is 3.88. The maximum absolute atomic E-state index is 11.9. The molecule has 16 heavy (non-hydrogen) atoms. The van der Waals surface area contributed by atoms with Crippen LogP contribution in [0, 0.1) is 12.8 Å². The molecule has 0 N–H and O–H groups in total. The van der Waals surface area contributed by atoms with Crippen molar-refractivity contribution < 1.29 is 8.42 Å². The predicted molar refractivity (Wildman–Crippen MR) is 71.6 cm³/mol. The first kappa shape index (κ1) is 13.7. The van der Waals surface area contributed by atoms with Crippen LogP contribution in [-0.2, 0) is 15.6 Å². The second kappa shape index (κ2) is 5.82. The van der Waals surface area contributed by atoms with Gasteiger partial charge in [0.25, 0.3) is 0 Å². The summed E-state index contributed by atoms with van der Waals surface area (Å²) < 4.78 is 23.8. The zero-order valence-electron chi connectivity index (χ0n) is 9.61. The predicted octanol–water partition coefficient (Wildman–Crippen LogP) is 2.94. The Bertz CT molecular complexity index is 440. The van der Waals surface area contributed by atoms with Gasteiger partial charge in [-0.25, -0.2) is 8.42 Å². The number of hydrogen-bond donors (Lipinski definition) is 0. The van der Waals surface area contributed by atoms with E-state index in [4.69, 9.17) is 0 Å². The summed E-state index contributed by atoms with van der Waals surface area (Å²) in [5.41, 5.74) is 1.95. The van der Waals surface area contributed by atoms with Crippen LogP contribution < -0.4 is 0 Å². The number of aryl methyl sites for hydroxylation is 1. The lowest BCUT2D eigenvalue weighted by atomic mass is 10.1. The third kappa shape index (κ3) is 4.26. The van der Waals surface area contributed by atoms with Crippen molar-refractivity contribution in [3.63, 3.8) is 0 Å². The van der Waals surface area contributed by atoms with Crippen molar-refractivity contribution in [2.45, 2.75) is 19.6 Å². The van der Waals surface area contributed by atoms with Gasteiger partial charge < -0.3 is 0 Å². The van der Waals surface area contributed by atoms with E-state index in [-0.39, 0.29) is 17.4 Å². The molecule has 1 atom stereocenters. The number of rotatable bonds is 5. The summed E-state index contributed by atoms with van der Waals surface area (Å²) in [5, 5.41) is 0.722.